The highest BCUT2D eigenvalue weighted by molar-refractivity contribution is 7.91. The van der Waals surface area contributed by atoms with E-state index in [1.54, 1.807) is 0 Å². The Bertz CT molecular complexity index is 415. The van der Waals surface area contributed by atoms with Gasteiger partial charge >= 0.3 is 5.97 Å². The zero-order valence-corrected chi connectivity index (χ0v) is 12.1. The van der Waals surface area contributed by atoms with Crippen LogP contribution in [0.25, 0.3) is 0 Å². The number of hydrogen-bond acceptors (Lipinski definition) is 5. The SMILES string of the molecule is CN1CCN(C(C(=O)O)C2CCS(=O)(=O)CC2)CC1. The lowest BCUT2D eigenvalue weighted by Gasteiger charge is -2.40. The molecule has 2 saturated heterocycles. The van der Waals surface area contributed by atoms with Gasteiger partial charge in [-0.1, -0.05) is 0 Å². The molecule has 2 aliphatic heterocycles. The lowest BCUT2D eigenvalue weighted by molar-refractivity contribution is -0.146. The van der Waals surface area contributed by atoms with Gasteiger partial charge in [0.05, 0.1) is 11.5 Å². The second-order valence-electron chi connectivity index (χ2n) is 5.61. The van der Waals surface area contributed by atoms with Crippen LogP contribution in [0.15, 0.2) is 0 Å². The summed E-state index contributed by atoms with van der Waals surface area (Å²) in [7, 11) is -0.906. The van der Waals surface area contributed by atoms with Crippen molar-refractivity contribution < 1.29 is 18.3 Å². The van der Waals surface area contributed by atoms with E-state index in [9.17, 15) is 18.3 Å². The van der Waals surface area contributed by atoms with E-state index in [0.29, 0.717) is 12.8 Å². The second-order valence-corrected chi connectivity index (χ2v) is 7.92. The third-order valence-electron chi connectivity index (χ3n) is 4.23. The van der Waals surface area contributed by atoms with Gasteiger partial charge in [0.15, 0.2) is 0 Å². The molecule has 2 aliphatic rings. The highest BCUT2D eigenvalue weighted by atomic mass is 32.2. The molecule has 0 aromatic carbocycles. The van der Waals surface area contributed by atoms with Crippen LogP contribution in [-0.2, 0) is 14.6 Å². The summed E-state index contributed by atoms with van der Waals surface area (Å²) in [6, 6.07) is -0.524. The van der Waals surface area contributed by atoms with Crippen LogP contribution in [0.1, 0.15) is 12.8 Å². The molecule has 0 aliphatic carbocycles. The molecule has 0 bridgehead atoms. The lowest BCUT2D eigenvalue weighted by Crippen LogP contribution is -2.55. The Morgan fingerprint density at radius 1 is 1.16 bits per heavy atom. The number of aliphatic carboxylic acids is 1. The van der Waals surface area contributed by atoms with Gasteiger partial charge in [0.25, 0.3) is 0 Å². The maximum Gasteiger partial charge on any atom is 0.321 e. The number of rotatable bonds is 3. The fourth-order valence-corrected chi connectivity index (χ4v) is 4.51. The van der Waals surface area contributed by atoms with Gasteiger partial charge in [0.2, 0.25) is 0 Å². The molecule has 0 aromatic heterocycles. The average Bonchev–Trinajstić information content (AvgIpc) is 2.33. The molecular formula is C12H22N2O4S. The molecule has 0 spiro atoms. The molecule has 0 amide bonds. The van der Waals surface area contributed by atoms with Crippen LogP contribution < -0.4 is 0 Å². The Morgan fingerprint density at radius 2 is 1.68 bits per heavy atom. The Hall–Kier alpha value is -0.660. The van der Waals surface area contributed by atoms with E-state index >= 15 is 0 Å². The summed E-state index contributed by atoms with van der Waals surface area (Å²) in [6.45, 7) is 3.23. The van der Waals surface area contributed by atoms with Crippen LogP contribution in [-0.4, -0.2) is 80.1 Å². The monoisotopic (exact) mass is 290 g/mol. The largest absolute Gasteiger partial charge is 0.480 e. The smallest absolute Gasteiger partial charge is 0.321 e. The Labute approximate surface area is 114 Å². The first kappa shape index (κ1) is 14.7. The van der Waals surface area contributed by atoms with Crippen molar-refractivity contribution in [3.63, 3.8) is 0 Å². The predicted octanol–water partition coefficient (Wildman–Crippen LogP) is -0.488. The summed E-state index contributed by atoms with van der Waals surface area (Å²) in [4.78, 5) is 15.7. The zero-order chi connectivity index (χ0) is 14.0. The fourth-order valence-electron chi connectivity index (χ4n) is 2.98. The number of nitrogens with zero attached hydrogens (tertiary/aromatic N) is 2. The quantitative estimate of drug-likeness (QED) is 0.756. The summed E-state index contributed by atoms with van der Waals surface area (Å²) < 4.78 is 22.9. The molecule has 2 fully saturated rings. The highest BCUT2D eigenvalue weighted by Crippen LogP contribution is 2.26. The lowest BCUT2D eigenvalue weighted by atomic mass is 9.92. The standard InChI is InChI=1S/C12H22N2O4S/c1-13-4-6-14(7-5-13)11(12(15)16)10-2-8-19(17,18)9-3-10/h10-11H,2-9H2,1H3,(H,15,16). The summed E-state index contributed by atoms with van der Waals surface area (Å²) in [5.41, 5.74) is 0. The van der Waals surface area contributed by atoms with E-state index in [2.05, 4.69) is 4.90 Å². The van der Waals surface area contributed by atoms with Crippen molar-refractivity contribution in [3.8, 4) is 0 Å². The van der Waals surface area contributed by atoms with Crippen LogP contribution in [0.5, 0.6) is 0 Å². The first-order chi connectivity index (χ1) is 8.89. The van der Waals surface area contributed by atoms with Gasteiger partial charge in [0, 0.05) is 26.2 Å². The van der Waals surface area contributed by atoms with Crippen molar-refractivity contribution in [1.29, 1.82) is 0 Å². The van der Waals surface area contributed by atoms with Crippen molar-refractivity contribution in [2.75, 3.05) is 44.7 Å². The first-order valence-electron chi connectivity index (χ1n) is 6.75. The van der Waals surface area contributed by atoms with E-state index in [0.717, 1.165) is 26.2 Å². The van der Waals surface area contributed by atoms with Gasteiger partial charge in [-0.3, -0.25) is 9.69 Å². The van der Waals surface area contributed by atoms with Gasteiger partial charge in [-0.15, -0.1) is 0 Å². The number of sulfone groups is 1. The van der Waals surface area contributed by atoms with Crippen molar-refractivity contribution in [2.24, 2.45) is 5.92 Å². The average molecular weight is 290 g/mol. The first-order valence-corrected chi connectivity index (χ1v) is 8.57. The van der Waals surface area contributed by atoms with E-state index in [1.807, 2.05) is 11.9 Å². The maximum absolute atomic E-state index is 11.5. The molecule has 7 heteroatoms. The summed E-state index contributed by atoms with van der Waals surface area (Å²) in [6.07, 6.45) is 0.956. The van der Waals surface area contributed by atoms with Crippen molar-refractivity contribution in [1.82, 2.24) is 9.80 Å². The molecule has 6 nitrogen and oxygen atoms in total. The molecule has 1 atom stereocenters. The van der Waals surface area contributed by atoms with Gasteiger partial charge in [0.1, 0.15) is 15.9 Å². The molecule has 0 aromatic rings. The van der Waals surface area contributed by atoms with Crippen LogP contribution in [0, 0.1) is 5.92 Å². The minimum Gasteiger partial charge on any atom is -0.480 e. The Kier molecular flexibility index (Phi) is 4.47. The van der Waals surface area contributed by atoms with Gasteiger partial charge in [-0.05, 0) is 25.8 Å². The topological polar surface area (TPSA) is 77.9 Å². The predicted molar refractivity (Wildman–Crippen MR) is 71.9 cm³/mol. The Balaban J connectivity index is 2.02. The number of carbonyl (C=O) groups is 1. The second kappa shape index (κ2) is 5.76. The third-order valence-corrected chi connectivity index (χ3v) is 5.95. The summed E-state index contributed by atoms with van der Waals surface area (Å²) in [5.74, 6) is -0.581. The summed E-state index contributed by atoms with van der Waals surface area (Å²) >= 11 is 0. The molecule has 0 saturated carbocycles. The normalized spacial score (nSPS) is 28.1. The molecule has 1 N–H and O–H groups in total. The number of carboxylic acids is 1. The molecule has 1 unspecified atom stereocenters. The minimum atomic E-state index is -2.93. The number of likely N-dealkylation sites (N-methyl/N-ethyl adjacent to an activating group) is 1. The van der Waals surface area contributed by atoms with Gasteiger partial charge in [-0.2, -0.15) is 0 Å². The number of hydrogen-bond donors (Lipinski definition) is 1. The van der Waals surface area contributed by atoms with Crippen LogP contribution in [0.4, 0.5) is 0 Å². The van der Waals surface area contributed by atoms with Crippen molar-refractivity contribution in [3.05, 3.63) is 0 Å². The fraction of sp³-hybridized carbons (Fsp3) is 0.917. The van der Waals surface area contributed by atoms with Gasteiger partial charge < -0.3 is 10.0 Å². The Morgan fingerprint density at radius 3 is 2.16 bits per heavy atom. The van der Waals surface area contributed by atoms with E-state index in [-0.39, 0.29) is 17.4 Å². The minimum absolute atomic E-state index is 0.0376. The number of piperazine rings is 1. The van der Waals surface area contributed by atoms with Crippen LogP contribution in [0.2, 0.25) is 0 Å². The van der Waals surface area contributed by atoms with Crippen LogP contribution >= 0.6 is 0 Å². The molecule has 19 heavy (non-hydrogen) atoms. The van der Waals surface area contributed by atoms with Crippen LogP contribution in [0.3, 0.4) is 0 Å². The molecular weight excluding hydrogens is 268 g/mol. The van der Waals surface area contributed by atoms with E-state index in [1.165, 1.54) is 0 Å². The molecule has 2 rings (SSSR count). The molecule has 0 radical (unpaired) electrons. The van der Waals surface area contributed by atoms with E-state index in [4.69, 9.17) is 0 Å². The molecule has 110 valence electrons. The molecule has 2 heterocycles. The van der Waals surface area contributed by atoms with Crippen molar-refractivity contribution >= 4 is 15.8 Å². The van der Waals surface area contributed by atoms with Gasteiger partial charge in [-0.25, -0.2) is 8.42 Å². The zero-order valence-electron chi connectivity index (χ0n) is 11.3. The van der Waals surface area contributed by atoms with Crippen molar-refractivity contribution in [2.45, 2.75) is 18.9 Å². The highest BCUT2D eigenvalue weighted by Gasteiger charge is 2.38. The third kappa shape index (κ3) is 3.67. The van der Waals surface area contributed by atoms with E-state index < -0.39 is 21.8 Å². The number of carboxylic acid groups (broad SMARTS) is 1. The summed E-state index contributed by atoms with van der Waals surface area (Å²) in [5, 5.41) is 9.47. The maximum atomic E-state index is 11.5.